The van der Waals surface area contributed by atoms with E-state index in [2.05, 4.69) is 15.0 Å². The van der Waals surface area contributed by atoms with E-state index in [0.29, 0.717) is 0 Å². The number of nitrogens with one attached hydrogen (secondary N) is 1. The highest BCUT2D eigenvalue weighted by Gasteiger charge is 2.36. The van der Waals surface area contributed by atoms with Gasteiger partial charge in [0.05, 0.1) is 19.1 Å². The number of esters is 1. The molecule has 0 aliphatic rings. The molecule has 0 aliphatic carbocycles. The van der Waals surface area contributed by atoms with E-state index >= 15 is 0 Å². The first-order chi connectivity index (χ1) is 10.4. The Morgan fingerprint density at radius 1 is 1.39 bits per heavy atom. The maximum Gasteiger partial charge on any atom is 0.419 e. The molecular formula is C14H17ClF4N2O2. The average Bonchev–Trinajstić information content (AvgIpc) is 2.38. The fourth-order valence-electron chi connectivity index (χ4n) is 1.76. The molecule has 1 N–H and O–H groups in total. The van der Waals surface area contributed by atoms with E-state index in [-0.39, 0.29) is 12.5 Å². The lowest BCUT2D eigenvalue weighted by molar-refractivity contribution is -0.141. The second-order valence-electron chi connectivity index (χ2n) is 6.00. The largest absolute Gasteiger partial charge is 0.469 e. The number of pyridine rings is 1. The van der Waals surface area contributed by atoms with E-state index in [1.165, 1.54) is 7.11 Å². The first kappa shape index (κ1) is 19.5. The van der Waals surface area contributed by atoms with Crippen LogP contribution in [-0.2, 0) is 15.7 Å². The van der Waals surface area contributed by atoms with Crippen molar-refractivity contribution in [2.24, 2.45) is 5.41 Å². The van der Waals surface area contributed by atoms with Gasteiger partial charge in [0.2, 0.25) is 0 Å². The molecule has 4 nitrogen and oxygen atoms in total. The Morgan fingerprint density at radius 3 is 2.39 bits per heavy atom. The van der Waals surface area contributed by atoms with Crippen molar-refractivity contribution >= 4 is 23.4 Å². The van der Waals surface area contributed by atoms with Crippen LogP contribution in [0.25, 0.3) is 0 Å². The number of carbonyl (C=O) groups excluding carboxylic acids is 1. The highest BCUT2D eigenvalue weighted by molar-refractivity contribution is 6.30. The highest BCUT2D eigenvalue weighted by Crippen LogP contribution is 2.36. The predicted molar refractivity (Wildman–Crippen MR) is 77.7 cm³/mol. The maximum atomic E-state index is 13.9. The summed E-state index contributed by atoms with van der Waals surface area (Å²) < 4.78 is 56.5. The zero-order chi connectivity index (χ0) is 18.0. The first-order valence-electron chi connectivity index (χ1n) is 6.63. The Balaban J connectivity index is 3.15. The van der Waals surface area contributed by atoms with Crippen LogP contribution in [0.3, 0.4) is 0 Å². The quantitative estimate of drug-likeness (QED) is 0.497. The third kappa shape index (κ3) is 5.23. The number of halogens is 5. The van der Waals surface area contributed by atoms with E-state index in [0.717, 1.165) is 0 Å². The van der Waals surface area contributed by atoms with Gasteiger partial charge in [-0.2, -0.15) is 13.2 Å². The van der Waals surface area contributed by atoms with Gasteiger partial charge in [0, 0.05) is 6.04 Å². The number of alkyl halides is 3. The maximum absolute atomic E-state index is 13.9. The molecule has 1 heterocycles. The molecule has 9 heteroatoms. The lowest BCUT2D eigenvalue weighted by atomic mass is 9.84. The Hall–Kier alpha value is -1.57. The van der Waals surface area contributed by atoms with Gasteiger partial charge in [-0.3, -0.25) is 4.79 Å². The molecule has 0 fully saturated rings. The van der Waals surface area contributed by atoms with E-state index in [1.807, 2.05) is 0 Å². The lowest BCUT2D eigenvalue weighted by Gasteiger charge is -2.31. The van der Waals surface area contributed by atoms with Crippen LogP contribution in [0.15, 0.2) is 6.07 Å². The Bertz CT molecular complexity index is 585. The van der Waals surface area contributed by atoms with Crippen molar-refractivity contribution in [3.05, 3.63) is 22.6 Å². The van der Waals surface area contributed by atoms with E-state index < -0.39 is 46.0 Å². The van der Waals surface area contributed by atoms with Gasteiger partial charge < -0.3 is 10.1 Å². The molecule has 130 valence electrons. The molecule has 0 spiro atoms. The van der Waals surface area contributed by atoms with Crippen LogP contribution in [0.4, 0.5) is 23.4 Å². The van der Waals surface area contributed by atoms with Crippen LogP contribution in [-0.4, -0.2) is 24.1 Å². The van der Waals surface area contributed by atoms with Gasteiger partial charge in [-0.05, 0) is 11.5 Å². The molecule has 0 saturated heterocycles. The van der Waals surface area contributed by atoms with Crippen molar-refractivity contribution < 1.29 is 27.1 Å². The molecular weight excluding hydrogens is 340 g/mol. The smallest absolute Gasteiger partial charge is 0.419 e. The molecule has 1 aromatic rings. The molecule has 1 rings (SSSR count). The summed E-state index contributed by atoms with van der Waals surface area (Å²) in [5.41, 5.74) is -1.88. The standard InChI is InChI=1S/C14H17ClF4N2O2/c1-13(2,3)9(6-10(22)23-4)20-12-8(16)5-7(11(15)21-12)14(17,18)19/h5,9H,6H2,1-4H3,(H,20,21). The number of nitrogens with zero attached hydrogens (tertiary/aromatic N) is 1. The first-order valence-corrected chi connectivity index (χ1v) is 7.00. The summed E-state index contributed by atoms with van der Waals surface area (Å²) in [6.45, 7) is 5.33. The minimum absolute atomic E-state index is 0.111. The van der Waals surface area contributed by atoms with Crippen molar-refractivity contribution in [3.8, 4) is 0 Å². The average molecular weight is 357 g/mol. The van der Waals surface area contributed by atoms with Gasteiger partial charge in [-0.25, -0.2) is 9.37 Å². The summed E-state index contributed by atoms with van der Waals surface area (Å²) in [6, 6.07) is -0.347. The second kappa shape index (κ2) is 6.90. The van der Waals surface area contributed by atoms with Gasteiger partial charge in [-0.15, -0.1) is 0 Å². The molecule has 1 atom stereocenters. The van der Waals surface area contributed by atoms with Gasteiger partial charge in [-0.1, -0.05) is 32.4 Å². The van der Waals surface area contributed by atoms with Crippen LogP contribution in [0.5, 0.6) is 0 Å². The molecule has 1 aromatic heterocycles. The summed E-state index contributed by atoms with van der Waals surface area (Å²) in [6.07, 6.45) is -4.92. The third-order valence-corrected chi connectivity index (χ3v) is 3.48. The predicted octanol–water partition coefficient (Wildman–Crippen LogP) is 4.28. The van der Waals surface area contributed by atoms with Crippen molar-refractivity contribution in [3.63, 3.8) is 0 Å². The molecule has 0 aromatic carbocycles. The second-order valence-corrected chi connectivity index (χ2v) is 6.36. The Morgan fingerprint density at radius 2 is 1.96 bits per heavy atom. The molecule has 23 heavy (non-hydrogen) atoms. The molecule has 0 bridgehead atoms. The fraction of sp³-hybridized carbons (Fsp3) is 0.571. The molecule has 0 radical (unpaired) electrons. The van der Waals surface area contributed by atoms with E-state index in [1.54, 1.807) is 20.8 Å². The number of ether oxygens (including phenoxy) is 1. The minimum Gasteiger partial charge on any atom is -0.469 e. The number of aromatic nitrogens is 1. The third-order valence-electron chi connectivity index (χ3n) is 3.19. The van der Waals surface area contributed by atoms with Crippen molar-refractivity contribution in [2.75, 3.05) is 12.4 Å². The van der Waals surface area contributed by atoms with Crippen molar-refractivity contribution in [1.82, 2.24) is 4.98 Å². The van der Waals surface area contributed by atoms with E-state index in [9.17, 15) is 22.4 Å². The number of hydrogen-bond acceptors (Lipinski definition) is 4. The van der Waals surface area contributed by atoms with Crippen molar-refractivity contribution in [1.29, 1.82) is 0 Å². The highest BCUT2D eigenvalue weighted by atomic mass is 35.5. The van der Waals surface area contributed by atoms with Crippen molar-refractivity contribution in [2.45, 2.75) is 39.4 Å². The van der Waals surface area contributed by atoms with E-state index in [4.69, 9.17) is 11.6 Å². The molecule has 0 amide bonds. The minimum atomic E-state index is -4.81. The Kier molecular flexibility index (Phi) is 5.84. The van der Waals surface area contributed by atoms with Crippen LogP contribution in [0.1, 0.15) is 32.8 Å². The van der Waals surface area contributed by atoms with Gasteiger partial charge in [0.15, 0.2) is 11.6 Å². The number of carbonyl (C=O) groups is 1. The summed E-state index contributed by atoms with van der Waals surface area (Å²) in [4.78, 5) is 14.9. The van der Waals surface area contributed by atoms with Crippen LogP contribution in [0, 0.1) is 11.2 Å². The van der Waals surface area contributed by atoms with Crippen LogP contribution in [0.2, 0.25) is 5.15 Å². The number of hydrogen-bond donors (Lipinski definition) is 1. The number of methoxy groups -OCH3 is 1. The lowest BCUT2D eigenvalue weighted by Crippen LogP contribution is -2.37. The topological polar surface area (TPSA) is 51.2 Å². The van der Waals surface area contributed by atoms with Gasteiger partial charge >= 0.3 is 12.1 Å². The van der Waals surface area contributed by atoms with Gasteiger partial charge in [0.25, 0.3) is 0 Å². The monoisotopic (exact) mass is 356 g/mol. The molecule has 0 saturated carbocycles. The molecule has 0 aliphatic heterocycles. The Labute approximate surface area is 136 Å². The zero-order valence-corrected chi connectivity index (χ0v) is 13.8. The summed E-state index contributed by atoms with van der Waals surface area (Å²) in [7, 11) is 1.20. The zero-order valence-electron chi connectivity index (χ0n) is 13.0. The van der Waals surface area contributed by atoms with Gasteiger partial charge in [0.1, 0.15) is 5.15 Å². The van der Waals surface area contributed by atoms with Crippen LogP contribution >= 0.6 is 11.6 Å². The summed E-state index contributed by atoms with van der Waals surface area (Å²) in [5, 5.41) is 1.76. The van der Waals surface area contributed by atoms with Crippen LogP contribution < -0.4 is 5.32 Å². The fourth-order valence-corrected chi connectivity index (χ4v) is 2.00. The summed E-state index contributed by atoms with van der Waals surface area (Å²) >= 11 is 5.49. The SMILES string of the molecule is COC(=O)CC(Nc1nc(Cl)c(C(F)(F)F)cc1F)C(C)(C)C. The molecule has 1 unspecified atom stereocenters. The number of rotatable bonds is 4. The normalized spacial score (nSPS) is 13.6. The summed E-state index contributed by atoms with van der Waals surface area (Å²) in [5.74, 6) is -2.21. The number of anilines is 1.